The molecule has 0 unspecified atom stereocenters. The fourth-order valence-electron chi connectivity index (χ4n) is 0.809. The highest BCUT2D eigenvalue weighted by Gasteiger charge is 1.93. The van der Waals surface area contributed by atoms with Gasteiger partial charge in [-0.2, -0.15) is 0 Å². The topological polar surface area (TPSA) is 56.0 Å². The number of nitrogen functional groups attached to an aromatic ring is 1. The van der Waals surface area contributed by atoms with Gasteiger partial charge in [0.25, 0.3) is 0 Å². The Morgan fingerprint density at radius 2 is 2.33 bits per heavy atom. The van der Waals surface area contributed by atoms with Crippen molar-refractivity contribution in [2.24, 2.45) is 0 Å². The van der Waals surface area contributed by atoms with Crippen molar-refractivity contribution in [2.45, 2.75) is 6.92 Å². The molecule has 3 nitrogen and oxygen atoms in total. The molecule has 0 radical (unpaired) electrons. The van der Waals surface area contributed by atoms with Gasteiger partial charge in [0.05, 0.1) is 11.4 Å². The van der Waals surface area contributed by atoms with Crippen LogP contribution in [0, 0.1) is 6.92 Å². The lowest BCUT2D eigenvalue weighted by Gasteiger charge is -1.98. The number of carbonyl (C=O) groups is 1. The van der Waals surface area contributed by atoms with Crippen molar-refractivity contribution in [1.29, 1.82) is 0 Å². The molecule has 1 aromatic rings. The van der Waals surface area contributed by atoms with Gasteiger partial charge in [0.15, 0.2) is 0 Å². The molecule has 0 aromatic carbocycles. The average Bonchev–Trinajstić information content (AvgIpc) is 2.07. The summed E-state index contributed by atoms with van der Waals surface area (Å²) in [6, 6.07) is 1.78. The molecule has 0 amide bonds. The van der Waals surface area contributed by atoms with E-state index in [0.717, 1.165) is 17.5 Å². The maximum absolute atomic E-state index is 9.99. The summed E-state index contributed by atoms with van der Waals surface area (Å²) in [7, 11) is 0. The smallest absolute Gasteiger partial charge is 0.142 e. The minimum absolute atomic E-state index is 0.642. The van der Waals surface area contributed by atoms with Crippen LogP contribution in [-0.2, 0) is 4.79 Å². The molecular weight excluding hydrogens is 152 g/mol. The van der Waals surface area contributed by atoms with E-state index >= 15 is 0 Å². The summed E-state index contributed by atoms with van der Waals surface area (Å²) in [5.74, 6) is 0. The minimum atomic E-state index is 0.642. The van der Waals surface area contributed by atoms with Crippen LogP contribution in [0.15, 0.2) is 18.3 Å². The van der Waals surface area contributed by atoms with Crippen LogP contribution in [0.4, 0.5) is 5.69 Å². The summed E-state index contributed by atoms with van der Waals surface area (Å²) in [6.45, 7) is 1.84. The summed E-state index contributed by atoms with van der Waals surface area (Å²) < 4.78 is 0. The molecule has 0 spiro atoms. The van der Waals surface area contributed by atoms with Crippen LogP contribution in [0.3, 0.4) is 0 Å². The van der Waals surface area contributed by atoms with Gasteiger partial charge in [-0.1, -0.05) is 6.08 Å². The van der Waals surface area contributed by atoms with E-state index in [2.05, 4.69) is 4.98 Å². The molecule has 0 atom stereocenters. The second-order valence-corrected chi connectivity index (χ2v) is 2.44. The standard InChI is InChI=1S/C9H10N2O/c1-7-9(10)5-8(6-11-7)3-2-4-12/h2-6H,10H2,1H3. The number of anilines is 1. The lowest BCUT2D eigenvalue weighted by molar-refractivity contribution is -0.104. The second-order valence-electron chi connectivity index (χ2n) is 2.44. The first-order chi connectivity index (χ1) is 5.74. The van der Waals surface area contributed by atoms with Crippen molar-refractivity contribution < 1.29 is 4.79 Å². The van der Waals surface area contributed by atoms with Gasteiger partial charge in [-0.3, -0.25) is 9.78 Å². The maximum atomic E-state index is 9.99. The average molecular weight is 162 g/mol. The molecule has 1 heterocycles. The van der Waals surface area contributed by atoms with Crippen LogP contribution < -0.4 is 5.73 Å². The third-order valence-electron chi connectivity index (χ3n) is 1.51. The molecular formula is C9H10N2O. The normalized spacial score (nSPS) is 10.4. The lowest BCUT2D eigenvalue weighted by atomic mass is 10.2. The zero-order valence-electron chi connectivity index (χ0n) is 6.82. The summed E-state index contributed by atoms with van der Waals surface area (Å²) in [6.07, 6.45) is 5.46. The molecule has 0 aliphatic heterocycles. The third kappa shape index (κ3) is 1.92. The summed E-state index contributed by atoms with van der Waals surface area (Å²) in [4.78, 5) is 14.0. The highest BCUT2D eigenvalue weighted by atomic mass is 16.1. The third-order valence-corrected chi connectivity index (χ3v) is 1.51. The number of pyridine rings is 1. The molecule has 0 fully saturated rings. The number of aldehydes is 1. The molecule has 0 aliphatic carbocycles. The first-order valence-electron chi connectivity index (χ1n) is 3.58. The van der Waals surface area contributed by atoms with Crippen molar-refractivity contribution in [1.82, 2.24) is 4.98 Å². The van der Waals surface area contributed by atoms with Gasteiger partial charge < -0.3 is 5.73 Å². The van der Waals surface area contributed by atoms with E-state index in [4.69, 9.17) is 5.73 Å². The summed E-state index contributed by atoms with van der Waals surface area (Å²) in [5.41, 5.74) is 7.89. The first kappa shape index (κ1) is 8.46. The molecule has 3 heteroatoms. The molecule has 2 N–H and O–H groups in total. The zero-order chi connectivity index (χ0) is 8.97. The number of rotatable bonds is 2. The van der Waals surface area contributed by atoms with Crippen LogP contribution in [-0.4, -0.2) is 11.3 Å². The highest BCUT2D eigenvalue weighted by molar-refractivity contribution is 5.74. The SMILES string of the molecule is Cc1ncc(C=CC=O)cc1N. The van der Waals surface area contributed by atoms with E-state index < -0.39 is 0 Å². The fraction of sp³-hybridized carbons (Fsp3) is 0.111. The largest absolute Gasteiger partial charge is 0.397 e. The molecule has 1 rings (SSSR count). The van der Waals surface area contributed by atoms with Gasteiger partial charge in [0, 0.05) is 6.20 Å². The fourth-order valence-corrected chi connectivity index (χ4v) is 0.809. The Balaban J connectivity index is 2.96. The maximum Gasteiger partial charge on any atom is 0.142 e. The number of hydrogen-bond donors (Lipinski definition) is 1. The van der Waals surface area contributed by atoms with Crippen molar-refractivity contribution >= 4 is 18.0 Å². The molecule has 12 heavy (non-hydrogen) atoms. The van der Waals surface area contributed by atoms with Gasteiger partial charge in [-0.15, -0.1) is 0 Å². The Morgan fingerprint density at radius 1 is 1.58 bits per heavy atom. The molecule has 0 aliphatic rings. The monoisotopic (exact) mass is 162 g/mol. The predicted octanol–water partition coefficient (Wildman–Crippen LogP) is 1.18. The van der Waals surface area contributed by atoms with Gasteiger partial charge in [-0.05, 0) is 24.6 Å². The van der Waals surface area contributed by atoms with Crippen LogP contribution in [0.2, 0.25) is 0 Å². The number of allylic oxidation sites excluding steroid dienone is 1. The van der Waals surface area contributed by atoms with E-state index in [0.29, 0.717) is 5.69 Å². The quantitative estimate of drug-likeness (QED) is 0.524. The Kier molecular flexibility index (Phi) is 2.58. The van der Waals surface area contributed by atoms with Crippen molar-refractivity contribution in [3.63, 3.8) is 0 Å². The number of aryl methyl sites for hydroxylation is 1. The Bertz CT molecular complexity index is 318. The van der Waals surface area contributed by atoms with Crippen molar-refractivity contribution in [3.8, 4) is 0 Å². The van der Waals surface area contributed by atoms with Gasteiger partial charge in [-0.25, -0.2) is 0 Å². The zero-order valence-corrected chi connectivity index (χ0v) is 6.82. The highest BCUT2D eigenvalue weighted by Crippen LogP contribution is 2.10. The Morgan fingerprint density at radius 3 is 2.92 bits per heavy atom. The van der Waals surface area contributed by atoms with Gasteiger partial charge in [0.2, 0.25) is 0 Å². The van der Waals surface area contributed by atoms with Gasteiger partial charge in [0.1, 0.15) is 6.29 Å². The molecule has 0 bridgehead atoms. The van der Waals surface area contributed by atoms with Crippen LogP contribution >= 0.6 is 0 Å². The van der Waals surface area contributed by atoms with Crippen LogP contribution in [0.5, 0.6) is 0 Å². The number of nitrogens with zero attached hydrogens (tertiary/aromatic N) is 1. The summed E-state index contributed by atoms with van der Waals surface area (Å²) >= 11 is 0. The summed E-state index contributed by atoms with van der Waals surface area (Å²) in [5, 5.41) is 0. The van der Waals surface area contributed by atoms with E-state index in [1.54, 1.807) is 18.3 Å². The number of carbonyl (C=O) groups excluding carboxylic acids is 1. The Labute approximate surface area is 70.9 Å². The van der Waals surface area contributed by atoms with Gasteiger partial charge >= 0.3 is 0 Å². The van der Waals surface area contributed by atoms with E-state index in [1.807, 2.05) is 6.92 Å². The van der Waals surface area contributed by atoms with E-state index in [1.165, 1.54) is 6.08 Å². The number of hydrogen-bond acceptors (Lipinski definition) is 3. The second kappa shape index (κ2) is 3.67. The lowest BCUT2D eigenvalue weighted by Crippen LogP contribution is -1.92. The first-order valence-corrected chi connectivity index (χ1v) is 3.58. The molecule has 62 valence electrons. The minimum Gasteiger partial charge on any atom is -0.397 e. The molecule has 1 aromatic heterocycles. The van der Waals surface area contributed by atoms with Crippen LogP contribution in [0.25, 0.3) is 6.08 Å². The van der Waals surface area contributed by atoms with E-state index in [-0.39, 0.29) is 0 Å². The van der Waals surface area contributed by atoms with Crippen LogP contribution in [0.1, 0.15) is 11.3 Å². The predicted molar refractivity (Wildman–Crippen MR) is 48.5 cm³/mol. The van der Waals surface area contributed by atoms with Crippen molar-refractivity contribution in [2.75, 3.05) is 5.73 Å². The Hall–Kier alpha value is -1.64. The number of nitrogens with two attached hydrogens (primary N) is 1. The van der Waals surface area contributed by atoms with Crippen molar-refractivity contribution in [3.05, 3.63) is 29.6 Å². The molecule has 0 saturated carbocycles. The molecule has 0 saturated heterocycles. The number of aromatic nitrogens is 1. The van der Waals surface area contributed by atoms with E-state index in [9.17, 15) is 4.79 Å².